The molecule has 2 aromatic carbocycles. The molecule has 0 bridgehead atoms. The van der Waals surface area contributed by atoms with Crippen LogP contribution in [0.2, 0.25) is 0 Å². The van der Waals surface area contributed by atoms with E-state index in [9.17, 15) is 4.39 Å². The summed E-state index contributed by atoms with van der Waals surface area (Å²) in [6, 6.07) is 18.8. The van der Waals surface area contributed by atoms with Gasteiger partial charge in [-0.3, -0.25) is 0 Å². The number of aromatic nitrogens is 2. The normalized spacial score (nSPS) is 11.8. The van der Waals surface area contributed by atoms with E-state index in [4.69, 9.17) is 0 Å². The van der Waals surface area contributed by atoms with Crippen LogP contribution in [0.25, 0.3) is 0 Å². The Labute approximate surface area is 153 Å². The van der Waals surface area contributed by atoms with Crippen molar-refractivity contribution in [2.24, 2.45) is 0 Å². The van der Waals surface area contributed by atoms with Crippen molar-refractivity contribution in [3.05, 3.63) is 83.3 Å². The van der Waals surface area contributed by atoms with Crippen LogP contribution in [0.3, 0.4) is 0 Å². The lowest BCUT2D eigenvalue weighted by Gasteiger charge is -2.15. The van der Waals surface area contributed by atoms with Crippen molar-refractivity contribution in [2.45, 2.75) is 26.3 Å². The summed E-state index contributed by atoms with van der Waals surface area (Å²) in [5, 5.41) is 6.67. The maximum absolute atomic E-state index is 12.9. The molecule has 0 fully saturated rings. The van der Waals surface area contributed by atoms with Crippen LogP contribution in [-0.2, 0) is 6.42 Å². The van der Waals surface area contributed by atoms with Gasteiger partial charge in [-0.25, -0.2) is 9.37 Å². The van der Waals surface area contributed by atoms with E-state index in [0.29, 0.717) is 5.95 Å². The van der Waals surface area contributed by atoms with Gasteiger partial charge in [0.2, 0.25) is 5.95 Å². The smallest absolute Gasteiger partial charge is 0.225 e. The van der Waals surface area contributed by atoms with Crippen molar-refractivity contribution < 1.29 is 4.39 Å². The topological polar surface area (TPSA) is 49.8 Å². The van der Waals surface area contributed by atoms with E-state index in [2.05, 4.69) is 39.7 Å². The average Bonchev–Trinajstić information content (AvgIpc) is 2.64. The van der Waals surface area contributed by atoms with Gasteiger partial charge in [0.1, 0.15) is 11.6 Å². The Kier molecular flexibility index (Phi) is 5.79. The Hall–Kier alpha value is -2.95. The third kappa shape index (κ3) is 5.02. The molecule has 3 aromatic rings. The summed E-state index contributed by atoms with van der Waals surface area (Å²) in [5.41, 5.74) is 3.16. The van der Waals surface area contributed by atoms with Gasteiger partial charge >= 0.3 is 0 Å². The number of benzene rings is 2. The van der Waals surface area contributed by atoms with Gasteiger partial charge in [-0.05, 0) is 43.5 Å². The molecule has 0 aliphatic rings. The SMILES string of the molecule is Cc1cc(NCCc2ccc(F)cc2)nc(NC(C)c2ccccc2)n1. The van der Waals surface area contributed by atoms with Gasteiger partial charge in [0.25, 0.3) is 0 Å². The van der Waals surface area contributed by atoms with Gasteiger partial charge in [0.15, 0.2) is 0 Å². The van der Waals surface area contributed by atoms with Gasteiger partial charge in [0, 0.05) is 18.3 Å². The molecule has 1 aromatic heterocycles. The Balaban J connectivity index is 1.61. The summed E-state index contributed by atoms with van der Waals surface area (Å²) in [4.78, 5) is 9.02. The molecule has 1 heterocycles. The molecule has 1 unspecified atom stereocenters. The van der Waals surface area contributed by atoms with Crippen LogP contribution in [0.1, 0.15) is 29.8 Å². The fraction of sp³-hybridized carbons (Fsp3) is 0.238. The average molecular weight is 350 g/mol. The quantitative estimate of drug-likeness (QED) is 0.645. The monoisotopic (exact) mass is 350 g/mol. The molecule has 0 spiro atoms. The van der Waals surface area contributed by atoms with E-state index in [1.807, 2.05) is 31.2 Å². The van der Waals surface area contributed by atoms with E-state index in [0.717, 1.165) is 30.0 Å². The lowest BCUT2D eigenvalue weighted by atomic mass is 10.1. The number of anilines is 2. The van der Waals surface area contributed by atoms with Gasteiger partial charge in [-0.1, -0.05) is 42.5 Å². The predicted molar refractivity (Wildman–Crippen MR) is 104 cm³/mol. The van der Waals surface area contributed by atoms with Gasteiger partial charge < -0.3 is 10.6 Å². The van der Waals surface area contributed by atoms with E-state index in [1.165, 1.54) is 17.7 Å². The number of nitrogens with one attached hydrogen (secondary N) is 2. The van der Waals surface area contributed by atoms with Crippen LogP contribution < -0.4 is 10.6 Å². The molecule has 0 saturated carbocycles. The highest BCUT2D eigenvalue weighted by Crippen LogP contribution is 2.18. The molecule has 0 radical (unpaired) electrons. The molecular formula is C21H23FN4. The van der Waals surface area contributed by atoms with Crippen LogP contribution in [0, 0.1) is 12.7 Å². The third-order valence-electron chi connectivity index (χ3n) is 4.13. The number of rotatable bonds is 7. The van der Waals surface area contributed by atoms with Crippen molar-refractivity contribution >= 4 is 11.8 Å². The lowest BCUT2D eigenvalue weighted by molar-refractivity contribution is 0.627. The van der Waals surface area contributed by atoms with E-state index < -0.39 is 0 Å². The maximum atomic E-state index is 12.9. The Morgan fingerprint density at radius 2 is 1.73 bits per heavy atom. The molecule has 0 aliphatic heterocycles. The van der Waals surface area contributed by atoms with Crippen LogP contribution in [0.15, 0.2) is 60.7 Å². The van der Waals surface area contributed by atoms with Crippen LogP contribution in [0.4, 0.5) is 16.2 Å². The molecule has 134 valence electrons. The fourth-order valence-corrected chi connectivity index (χ4v) is 2.73. The zero-order valence-electron chi connectivity index (χ0n) is 15.0. The first-order valence-electron chi connectivity index (χ1n) is 8.75. The summed E-state index contributed by atoms with van der Waals surface area (Å²) in [6.45, 7) is 4.75. The number of aryl methyl sites for hydroxylation is 1. The predicted octanol–water partition coefficient (Wildman–Crippen LogP) is 4.75. The number of hydrogen-bond donors (Lipinski definition) is 2. The number of hydrogen-bond acceptors (Lipinski definition) is 4. The van der Waals surface area contributed by atoms with E-state index in [1.54, 1.807) is 12.1 Å². The number of halogens is 1. The van der Waals surface area contributed by atoms with Crippen LogP contribution in [0.5, 0.6) is 0 Å². The minimum absolute atomic E-state index is 0.116. The zero-order valence-corrected chi connectivity index (χ0v) is 15.0. The molecule has 0 amide bonds. The second kappa shape index (κ2) is 8.43. The summed E-state index contributed by atoms with van der Waals surface area (Å²) >= 11 is 0. The molecule has 4 nitrogen and oxygen atoms in total. The minimum Gasteiger partial charge on any atom is -0.370 e. The largest absolute Gasteiger partial charge is 0.370 e. The highest BCUT2D eigenvalue weighted by Gasteiger charge is 2.08. The molecule has 3 rings (SSSR count). The molecule has 0 aliphatic carbocycles. The standard InChI is InChI=1S/C21H23FN4/c1-15-14-20(23-13-12-17-8-10-19(22)11-9-17)26-21(24-15)25-16(2)18-6-4-3-5-7-18/h3-11,14,16H,12-13H2,1-2H3,(H2,23,24,25,26). The van der Waals surface area contributed by atoms with Crippen molar-refractivity contribution in [3.63, 3.8) is 0 Å². The van der Waals surface area contributed by atoms with Crippen molar-refractivity contribution in [1.29, 1.82) is 0 Å². The van der Waals surface area contributed by atoms with Crippen molar-refractivity contribution in [1.82, 2.24) is 9.97 Å². The summed E-state index contributed by atoms with van der Waals surface area (Å²) < 4.78 is 12.9. The Morgan fingerprint density at radius 3 is 2.46 bits per heavy atom. The second-order valence-corrected chi connectivity index (χ2v) is 6.30. The molecule has 2 N–H and O–H groups in total. The van der Waals surface area contributed by atoms with E-state index >= 15 is 0 Å². The summed E-state index contributed by atoms with van der Waals surface area (Å²) in [5.74, 6) is 1.17. The lowest BCUT2D eigenvalue weighted by Crippen LogP contribution is -2.12. The molecule has 5 heteroatoms. The van der Waals surface area contributed by atoms with Crippen molar-refractivity contribution in [2.75, 3.05) is 17.2 Å². The van der Waals surface area contributed by atoms with Gasteiger partial charge in [-0.2, -0.15) is 4.98 Å². The van der Waals surface area contributed by atoms with Crippen LogP contribution in [-0.4, -0.2) is 16.5 Å². The van der Waals surface area contributed by atoms with Crippen LogP contribution >= 0.6 is 0 Å². The highest BCUT2D eigenvalue weighted by atomic mass is 19.1. The minimum atomic E-state index is -0.212. The molecule has 1 atom stereocenters. The maximum Gasteiger partial charge on any atom is 0.225 e. The Morgan fingerprint density at radius 1 is 1.00 bits per heavy atom. The highest BCUT2D eigenvalue weighted by molar-refractivity contribution is 5.43. The first kappa shape index (κ1) is 17.9. The second-order valence-electron chi connectivity index (χ2n) is 6.30. The first-order valence-corrected chi connectivity index (χ1v) is 8.75. The molecule has 0 saturated heterocycles. The van der Waals surface area contributed by atoms with Gasteiger partial charge in [-0.15, -0.1) is 0 Å². The first-order chi connectivity index (χ1) is 12.6. The van der Waals surface area contributed by atoms with Gasteiger partial charge in [0.05, 0.1) is 6.04 Å². The molecular weight excluding hydrogens is 327 g/mol. The van der Waals surface area contributed by atoms with E-state index in [-0.39, 0.29) is 11.9 Å². The molecule has 26 heavy (non-hydrogen) atoms. The van der Waals surface area contributed by atoms with Crippen molar-refractivity contribution in [3.8, 4) is 0 Å². The summed E-state index contributed by atoms with van der Waals surface area (Å²) in [7, 11) is 0. The number of nitrogens with zero attached hydrogens (tertiary/aromatic N) is 2. The Bertz CT molecular complexity index is 834. The summed E-state index contributed by atoms with van der Waals surface area (Å²) in [6.07, 6.45) is 0.798. The fourth-order valence-electron chi connectivity index (χ4n) is 2.73. The third-order valence-corrected chi connectivity index (χ3v) is 4.13. The zero-order chi connectivity index (χ0) is 18.4.